The van der Waals surface area contributed by atoms with Crippen LogP contribution in [0.1, 0.15) is 28.1 Å². The third-order valence-corrected chi connectivity index (χ3v) is 6.76. The topological polar surface area (TPSA) is 130 Å². The monoisotopic (exact) mass is 540 g/mol. The summed E-state index contributed by atoms with van der Waals surface area (Å²) in [6, 6.07) is 28.7. The highest BCUT2D eigenvalue weighted by Crippen LogP contribution is 2.37. The molecule has 0 fully saturated rings. The lowest BCUT2D eigenvalue weighted by Crippen LogP contribution is -2.19. The maximum Gasteiger partial charge on any atom is 0.270 e. The molecule has 4 aromatic rings. The lowest BCUT2D eigenvalue weighted by Gasteiger charge is -2.17. The molecular weight excluding hydrogens is 516 g/mol. The van der Waals surface area contributed by atoms with Crippen LogP contribution >= 0.6 is 11.8 Å². The zero-order valence-electron chi connectivity index (χ0n) is 20.8. The molecule has 1 atom stereocenters. The van der Waals surface area contributed by atoms with E-state index in [4.69, 9.17) is 0 Å². The maximum atomic E-state index is 13.3. The number of amides is 3. The molecule has 3 N–H and O–H groups in total. The van der Waals surface area contributed by atoms with Crippen LogP contribution in [0.4, 0.5) is 22.7 Å². The van der Waals surface area contributed by atoms with Gasteiger partial charge < -0.3 is 16.0 Å². The molecule has 0 spiro atoms. The molecule has 0 saturated carbocycles. The van der Waals surface area contributed by atoms with Crippen LogP contribution in [0.5, 0.6) is 0 Å². The van der Waals surface area contributed by atoms with Crippen molar-refractivity contribution < 1.29 is 19.3 Å². The van der Waals surface area contributed by atoms with E-state index in [0.29, 0.717) is 17.1 Å². The lowest BCUT2D eigenvalue weighted by molar-refractivity contribution is -0.384. The van der Waals surface area contributed by atoms with Crippen LogP contribution in [0.3, 0.4) is 0 Å². The van der Waals surface area contributed by atoms with Crippen LogP contribution in [0, 0.1) is 10.1 Å². The van der Waals surface area contributed by atoms with Crippen molar-refractivity contribution in [3.05, 3.63) is 124 Å². The first-order valence-corrected chi connectivity index (χ1v) is 12.7. The Morgan fingerprint density at radius 2 is 1.33 bits per heavy atom. The van der Waals surface area contributed by atoms with Gasteiger partial charge in [0.2, 0.25) is 11.8 Å². The molecule has 196 valence electrons. The minimum absolute atomic E-state index is 0.164. The Labute approximate surface area is 228 Å². The Morgan fingerprint density at radius 1 is 0.744 bits per heavy atom. The summed E-state index contributed by atoms with van der Waals surface area (Å²) in [6.45, 7) is 1.43. The smallest absolute Gasteiger partial charge is 0.270 e. The first kappa shape index (κ1) is 27.1. The Morgan fingerprint density at radius 3 is 1.95 bits per heavy atom. The van der Waals surface area contributed by atoms with Crippen molar-refractivity contribution in [1.82, 2.24) is 0 Å². The summed E-state index contributed by atoms with van der Waals surface area (Å²) in [4.78, 5) is 48.4. The maximum absolute atomic E-state index is 13.3. The van der Waals surface area contributed by atoms with Gasteiger partial charge in [0, 0.05) is 46.6 Å². The number of anilines is 3. The fourth-order valence-electron chi connectivity index (χ4n) is 3.67. The van der Waals surface area contributed by atoms with E-state index in [2.05, 4.69) is 16.0 Å². The number of nitrogens with zero attached hydrogens (tertiary/aromatic N) is 1. The molecule has 10 heteroatoms. The number of benzene rings is 4. The Balaban J connectivity index is 1.46. The van der Waals surface area contributed by atoms with Gasteiger partial charge in [-0.2, -0.15) is 0 Å². The van der Waals surface area contributed by atoms with E-state index in [0.717, 1.165) is 10.5 Å². The molecule has 4 rings (SSSR count). The summed E-state index contributed by atoms with van der Waals surface area (Å²) >= 11 is 1.35. The van der Waals surface area contributed by atoms with E-state index in [1.165, 1.54) is 43.0 Å². The second kappa shape index (κ2) is 12.5. The quantitative estimate of drug-likeness (QED) is 0.130. The van der Waals surface area contributed by atoms with Gasteiger partial charge >= 0.3 is 0 Å². The molecule has 0 heterocycles. The summed E-state index contributed by atoms with van der Waals surface area (Å²) in [5.41, 5.74) is 2.56. The van der Waals surface area contributed by atoms with Gasteiger partial charge in [-0.3, -0.25) is 24.5 Å². The normalized spacial score (nSPS) is 11.2. The highest BCUT2D eigenvalue weighted by atomic mass is 32.2. The van der Waals surface area contributed by atoms with Crippen LogP contribution < -0.4 is 16.0 Å². The fourth-order valence-corrected chi connectivity index (χ4v) is 4.69. The summed E-state index contributed by atoms with van der Waals surface area (Å²) in [5.74, 6) is -0.867. The van der Waals surface area contributed by atoms with Crippen molar-refractivity contribution in [2.75, 3.05) is 16.0 Å². The number of hydrogen-bond donors (Lipinski definition) is 3. The number of nitrogens with one attached hydrogen (secondary N) is 3. The Kier molecular flexibility index (Phi) is 8.70. The van der Waals surface area contributed by atoms with Gasteiger partial charge in [0.15, 0.2) is 0 Å². The SMILES string of the molecule is CC(=O)Nc1ccc(NC(=O)C(Sc2ccc(NC(=O)c3cccc([N+](=O)[O-])c3)cc2)c2ccccc2)cc1. The molecule has 0 aliphatic carbocycles. The van der Waals surface area contributed by atoms with Crippen molar-refractivity contribution in [2.24, 2.45) is 0 Å². The zero-order valence-corrected chi connectivity index (χ0v) is 21.6. The molecular formula is C29H24N4O5S. The van der Waals surface area contributed by atoms with E-state index in [-0.39, 0.29) is 23.1 Å². The second-order valence-electron chi connectivity index (χ2n) is 8.44. The minimum atomic E-state index is -0.563. The van der Waals surface area contributed by atoms with Crippen molar-refractivity contribution in [2.45, 2.75) is 17.1 Å². The average Bonchev–Trinajstić information content (AvgIpc) is 2.94. The summed E-state index contributed by atoms with van der Waals surface area (Å²) < 4.78 is 0. The molecule has 0 saturated heterocycles. The summed E-state index contributed by atoms with van der Waals surface area (Å²) in [7, 11) is 0. The van der Waals surface area contributed by atoms with Crippen LogP contribution in [0.2, 0.25) is 0 Å². The molecule has 0 radical (unpaired) electrons. The van der Waals surface area contributed by atoms with Gasteiger partial charge in [-0.1, -0.05) is 36.4 Å². The Bertz CT molecular complexity index is 1490. The lowest BCUT2D eigenvalue weighted by atomic mass is 10.1. The van der Waals surface area contributed by atoms with Gasteiger partial charge in [-0.05, 0) is 60.2 Å². The second-order valence-corrected chi connectivity index (χ2v) is 9.62. The van der Waals surface area contributed by atoms with Gasteiger partial charge in [-0.15, -0.1) is 11.8 Å². The molecule has 1 unspecified atom stereocenters. The predicted molar refractivity (Wildman–Crippen MR) is 152 cm³/mol. The third-order valence-electron chi connectivity index (χ3n) is 5.50. The molecule has 0 aliphatic heterocycles. The van der Waals surface area contributed by atoms with Crippen LogP contribution in [0.15, 0.2) is 108 Å². The molecule has 4 aromatic carbocycles. The summed E-state index contributed by atoms with van der Waals surface area (Å²) in [6.07, 6.45) is 0. The largest absolute Gasteiger partial charge is 0.326 e. The average molecular weight is 541 g/mol. The standard InChI is InChI=1S/C29H24N4O5S/c1-19(34)30-22-10-12-23(13-11-22)32-29(36)27(20-6-3-2-4-7-20)39-26-16-14-24(15-17-26)31-28(35)21-8-5-9-25(18-21)33(37)38/h2-18,27H,1H3,(H,30,34)(H,31,35)(H,32,36). The number of non-ortho nitro benzene ring substituents is 1. The molecule has 3 amide bonds. The van der Waals surface area contributed by atoms with E-state index in [9.17, 15) is 24.5 Å². The van der Waals surface area contributed by atoms with E-state index >= 15 is 0 Å². The number of carbonyl (C=O) groups excluding carboxylic acids is 3. The zero-order chi connectivity index (χ0) is 27.8. The van der Waals surface area contributed by atoms with E-state index < -0.39 is 16.1 Å². The van der Waals surface area contributed by atoms with E-state index in [1.54, 1.807) is 48.5 Å². The Hall–Kier alpha value is -4.96. The van der Waals surface area contributed by atoms with Crippen molar-refractivity contribution >= 4 is 52.2 Å². The highest BCUT2D eigenvalue weighted by molar-refractivity contribution is 8.00. The van der Waals surface area contributed by atoms with Gasteiger partial charge in [-0.25, -0.2) is 0 Å². The number of nitro benzene ring substituents is 1. The first-order chi connectivity index (χ1) is 18.8. The van der Waals surface area contributed by atoms with Crippen molar-refractivity contribution in [1.29, 1.82) is 0 Å². The molecule has 0 aromatic heterocycles. The van der Waals surface area contributed by atoms with Gasteiger partial charge in [0.25, 0.3) is 11.6 Å². The van der Waals surface area contributed by atoms with Gasteiger partial charge in [0.1, 0.15) is 5.25 Å². The number of hydrogen-bond acceptors (Lipinski definition) is 6. The molecule has 9 nitrogen and oxygen atoms in total. The van der Waals surface area contributed by atoms with Crippen LogP contribution in [0.25, 0.3) is 0 Å². The first-order valence-electron chi connectivity index (χ1n) is 11.8. The summed E-state index contributed by atoms with van der Waals surface area (Å²) in [5, 5.41) is 18.8. The molecule has 0 bridgehead atoms. The number of thioether (sulfide) groups is 1. The number of carbonyl (C=O) groups is 3. The van der Waals surface area contributed by atoms with Crippen molar-refractivity contribution in [3.8, 4) is 0 Å². The van der Waals surface area contributed by atoms with Crippen LogP contribution in [-0.2, 0) is 9.59 Å². The molecule has 0 aliphatic rings. The molecule has 39 heavy (non-hydrogen) atoms. The van der Waals surface area contributed by atoms with Gasteiger partial charge in [0.05, 0.1) is 4.92 Å². The van der Waals surface area contributed by atoms with Crippen LogP contribution in [-0.4, -0.2) is 22.6 Å². The fraction of sp³-hybridized carbons (Fsp3) is 0.0690. The number of rotatable bonds is 9. The minimum Gasteiger partial charge on any atom is -0.326 e. The predicted octanol–water partition coefficient (Wildman–Crippen LogP) is 6.28. The highest BCUT2D eigenvalue weighted by Gasteiger charge is 2.22. The van der Waals surface area contributed by atoms with E-state index in [1.807, 2.05) is 30.3 Å². The van der Waals surface area contributed by atoms with Crippen molar-refractivity contribution in [3.63, 3.8) is 0 Å². The third kappa shape index (κ3) is 7.53. The number of nitro groups is 1.